The van der Waals surface area contributed by atoms with Crippen molar-refractivity contribution in [3.63, 3.8) is 0 Å². The average molecular weight is 756 g/mol. The van der Waals surface area contributed by atoms with Crippen LogP contribution >= 0.6 is 0 Å². The molecule has 0 rings (SSSR count). The van der Waals surface area contributed by atoms with Crippen LogP contribution in [0, 0.1) is 0 Å². The van der Waals surface area contributed by atoms with Crippen molar-refractivity contribution < 1.29 is 122 Å². The maximum absolute atomic E-state index is 9.39. The predicted octanol–water partition coefficient (Wildman–Crippen LogP) is -1.83. The Hall–Kier alpha value is 0.0831. The Morgan fingerprint density at radius 1 is 0.267 bits per heavy atom. The Labute approximate surface area is 284 Å². The molecule has 276 valence electrons. The summed E-state index contributed by atoms with van der Waals surface area (Å²) in [6.45, 7) is 0. The summed E-state index contributed by atoms with van der Waals surface area (Å²) in [4.78, 5) is 0. The molecule has 0 aliphatic carbocycles. The molecule has 0 aromatic rings. The van der Waals surface area contributed by atoms with Crippen LogP contribution in [-0.2, 0) is 102 Å². The smallest absolute Gasteiger partial charge is 0.334 e. The maximum atomic E-state index is 9.39. The summed E-state index contributed by atoms with van der Waals surface area (Å²) in [7, 11) is 21.3. The molecule has 0 unspecified atom stereocenters. The zero-order valence-corrected chi connectivity index (χ0v) is 31.6. The zero-order valence-electron chi connectivity index (χ0n) is 29.1. The van der Waals surface area contributed by atoms with E-state index in [1.165, 1.54) is 114 Å². The number of hydrogen-bond donors (Lipinski definition) is 4. The first-order valence-corrected chi connectivity index (χ1v) is 12.1. The molecule has 0 aromatic heterocycles. The summed E-state index contributed by atoms with van der Waals surface area (Å²) in [5.41, 5.74) is 0. The van der Waals surface area contributed by atoms with E-state index in [1.54, 1.807) is 0 Å². The van der Waals surface area contributed by atoms with Crippen molar-refractivity contribution in [2.24, 2.45) is 0 Å². The Bertz CT molecular complexity index is 500. The minimum Gasteiger partial charge on any atom is -0.349 e. The van der Waals surface area contributed by atoms with Gasteiger partial charge in [0, 0.05) is 140 Å². The van der Waals surface area contributed by atoms with Gasteiger partial charge in [0.1, 0.15) is 0 Å². The molecule has 0 saturated carbocycles. The van der Waals surface area contributed by atoms with Gasteiger partial charge in [0.05, 0.1) is 0 Å². The standard InChI is InChI=1S/4C6H14O5.Zr/c4*1-8-5(9-2)6(7,10-3)11-4;/h4*5,7H,1-4H3;. The van der Waals surface area contributed by atoms with Crippen LogP contribution in [-0.4, -0.2) is 183 Å². The predicted molar refractivity (Wildman–Crippen MR) is 147 cm³/mol. The van der Waals surface area contributed by atoms with Gasteiger partial charge in [0.2, 0.25) is 25.2 Å². The van der Waals surface area contributed by atoms with E-state index in [2.05, 4.69) is 37.9 Å². The topological polar surface area (TPSA) is 229 Å². The number of ether oxygens (including phenoxy) is 16. The quantitative estimate of drug-likeness (QED) is 0.100. The molecule has 0 aromatic carbocycles. The van der Waals surface area contributed by atoms with E-state index in [-0.39, 0.29) is 26.2 Å². The second-order valence-corrected chi connectivity index (χ2v) is 7.37. The van der Waals surface area contributed by atoms with Gasteiger partial charge in [-0.05, 0) is 0 Å². The molecule has 0 heterocycles. The summed E-state index contributed by atoms with van der Waals surface area (Å²) in [6.07, 6.45) is -3.84. The summed E-state index contributed by atoms with van der Waals surface area (Å²) in [5, 5.41) is 37.6. The summed E-state index contributed by atoms with van der Waals surface area (Å²) in [5.74, 6) is -7.38. The molecule has 0 aliphatic heterocycles. The van der Waals surface area contributed by atoms with E-state index in [4.69, 9.17) is 37.9 Å². The third kappa shape index (κ3) is 19.0. The molecule has 0 spiro atoms. The molecule has 21 heteroatoms. The normalized spacial score (nSPS) is 12.3. The number of aliphatic hydroxyl groups is 4. The van der Waals surface area contributed by atoms with Crippen molar-refractivity contribution in [3.05, 3.63) is 0 Å². The van der Waals surface area contributed by atoms with Crippen LogP contribution in [0.1, 0.15) is 0 Å². The van der Waals surface area contributed by atoms with Crippen LogP contribution in [0.25, 0.3) is 0 Å². The van der Waals surface area contributed by atoms with Gasteiger partial charge in [-0.1, -0.05) is 0 Å². The molecule has 0 amide bonds. The zero-order chi connectivity index (χ0) is 35.6. The third-order valence-corrected chi connectivity index (χ3v) is 5.24. The molecule has 0 atom stereocenters. The van der Waals surface area contributed by atoms with Crippen molar-refractivity contribution in [3.8, 4) is 0 Å². The minimum atomic E-state index is -1.84. The second-order valence-electron chi connectivity index (χ2n) is 7.37. The van der Waals surface area contributed by atoms with Gasteiger partial charge in [-0.3, -0.25) is 0 Å². The Morgan fingerprint density at radius 2 is 0.356 bits per heavy atom. The molecule has 0 aliphatic rings. The van der Waals surface area contributed by atoms with Crippen LogP contribution in [0.4, 0.5) is 0 Å². The van der Waals surface area contributed by atoms with Crippen molar-refractivity contribution in [1.82, 2.24) is 0 Å². The first-order valence-electron chi connectivity index (χ1n) is 12.1. The maximum Gasteiger partial charge on any atom is 0.334 e. The molecule has 0 saturated heterocycles. The molecule has 0 bridgehead atoms. The van der Waals surface area contributed by atoms with Crippen molar-refractivity contribution in [1.29, 1.82) is 0 Å². The van der Waals surface area contributed by atoms with Crippen LogP contribution in [0.3, 0.4) is 0 Å². The summed E-state index contributed by atoms with van der Waals surface area (Å²) in [6, 6.07) is 0. The number of rotatable bonds is 20. The number of hydrogen-bond acceptors (Lipinski definition) is 20. The fraction of sp³-hybridized carbons (Fsp3) is 1.00. The SMILES string of the molecule is COC(OC)C(O)(OC)OC.COC(OC)C(O)(OC)OC.COC(OC)C(O)(OC)OC.COC(OC)C(O)(OC)OC.[Zr]. The van der Waals surface area contributed by atoms with E-state index in [0.717, 1.165) is 0 Å². The summed E-state index contributed by atoms with van der Waals surface area (Å²) < 4.78 is 74.7. The van der Waals surface area contributed by atoms with Crippen LogP contribution in [0.15, 0.2) is 0 Å². The van der Waals surface area contributed by atoms with E-state index in [9.17, 15) is 20.4 Å². The van der Waals surface area contributed by atoms with Crippen molar-refractivity contribution in [2.75, 3.05) is 114 Å². The average Bonchev–Trinajstić information content (AvgIpc) is 3.06. The summed E-state index contributed by atoms with van der Waals surface area (Å²) >= 11 is 0. The van der Waals surface area contributed by atoms with Gasteiger partial charge >= 0.3 is 23.9 Å². The fourth-order valence-electron chi connectivity index (χ4n) is 2.68. The number of methoxy groups -OCH3 is 16. The van der Waals surface area contributed by atoms with Crippen molar-refractivity contribution >= 4 is 0 Å². The molecular formula is C24H56O20Zr. The van der Waals surface area contributed by atoms with E-state index < -0.39 is 49.1 Å². The molecule has 4 N–H and O–H groups in total. The molecule has 0 radical (unpaired) electrons. The first-order chi connectivity index (χ1) is 20.6. The van der Waals surface area contributed by atoms with E-state index >= 15 is 0 Å². The minimum absolute atomic E-state index is 0. The van der Waals surface area contributed by atoms with Crippen LogP contribution < -0.4 is 0 Å². The second kappa shape index (κ2) is 30.2. The van der Waals surface area contributed by atoms with Gasteiger partial charge in [-0.15, -0.1) is 0 Å². The Balaban J connectivity index is -0.000000157. The molecule has 20 nitrogen and oxygen atoms in total. The van der Waals surface area contributed by atoms with Gasteiger partial charge in [-0.25, -0.2) is 0 Å². The van der Waals surface area contributed by atoms with Crippen LogP contribution in [0.2, 0.25) is 0 Å². The fourth-order valence-corrected chi connectivity index (χ4v) is 2.68. The van der Waals surface area contributed by atoms with Gasteiger partial charge in [0.25, 0.3) is 0 Å². The first kappa shape index (κ1) is 54.5. The monoisotopic (exact) mass is 754 g/mol. The van der Waals surface area contributed by atoms with Gasteiger partial charge in [0.15, 0.2) is 0 Å². The molecular weight excluding hydrogens is 699 g/mol. The molecule has 0 fully saturated rings. The third-order valence-electron chi connectivity index (χ3n) is 5.24. The van der Waals surface area contributed by atoms with Gasteiger partial charge < -0.3 is 96.2 Å². The Morgan fingerprint density at radius 3 is 0.378 bits per heavy atom. The van der Waals surface area contributed by atoms with Gasteiger partial charge in [-0.2, -0.15) is 0 Å². The van der Waals surface area contributed by atoms with Crippen molar-refractivity contribution in [2.45, 2.75) is 49.1 Å². The van der Waals surface area contributed by atoms with Crippen LogP contribution in [0.5, 0.6) is 0 Å². The largest absolute Gasteiger partial charge is 0.349 e. The Kier molecular flexibility index (Phi) is 36.6. The van der Waals surface area contributed by atoms with E-state index in [0.29, 0.717) is 0 Å². The van der Waals surface area contributed by atoms with E-state index in [1.807, 2.05) is 0 Å². The molecule has 45 heavy (non-hydrogen) atoms.